The Bertz CT molecular complexity index is 310. The first-order valence-electron chi connectivity index (χ1n) is 4.60. The zero-order valence-corrected chi connectivity index (χ0v) is 8.00. The van der Waals surface area contributed by atoms with Gasteiger partial charge in [-0.15, -0.1) is 0 Å². The zero-order chi connectivity index (χ0) is 9.26. The van der Waals surface area contributed by atoms with Crippen LogP contribution in [0.1, 0.15) is 31.0 Å². The highest BCUT2D eigenvalue weighted by Gasteiger charge is 2.16. The van der Waals surface area contributed by atoms with Crippen LogP contribution < -0.4 is 10.1 Å². The molecule has 0 amide bonds. The number of rotatable bonds is 1. The van der Waals surface area contributed by atoms with Crippen molar-refractivity contribution in [1.82, 2.24) is 10.3 Å². The topological polar surface area (TPSA) is 34.1 Å². The first-order valence-corrected chi connectivity index (χ1v) is 4.60. The molecule has 3 heteroatoms. The van der Waals surface area contributed by atoms with Crippen LogP contribution in [0.5, 0.6) is 5.75 Å². The molecular weight excluding hydrogens is 164 g/mol. The summed E-state index contributed by atoms with van der Waals surface area (Å²) < 4.78 is 5.54. The minimum absolute atomic E-state index is 0.495. The molecular formula is C10H14N2O. The summed E-state index contributed by atoms with van der Waals surface area (Å²) in [4.78, 5) is 4.27. The molecule has 1 N–H and O–H groups in total. The first-order chi connectivity index (χ1) is 6.29. The van der Waals surface area contributed by atoms with Crippen LogP contribution in [0.4, 0.5) is 0 Å². The van der Waals surface area contributed by atoms with Crippen molar-refractivity contribution in [2.24, 2.45) is 0 Å². The van der Waals surface area contributed by atoms with E-state index < -0.39 is 0 Å². The summed E-state index contributed by atoms with van der Waals surface area (Å²) in [5.41, 5.74) is 2.28. The molecule has 0 spiro atoms. The second-order valence-electron chi connectivity index (χ2n) is 3.55. The molecule has 1 aliphatic heterocycles. The Kier molecular flexibility index (Phi) is 2.19. The number of pyridine rings is 1. The largest absolute Gasteiger partial charge is 0.476 e. The Morgan fingerprint density at radius 3 is 3.15 bits per heavy atom. The molecule has 3 nitrogen and oxygen atoms in total. The predicted octanol–water partition coefficient (Wildman–Crippen LogP) is 1.64. The summed E-state index contributed by atoms with van der Waals surface area (Å²) in [7, 11) is 0. The number of nitrogens with one attached hydrogen (secondary N) is 1. The van der Waals surface area contributed by atoms with Crippen molar-refractivity contribution in [3.8, 4) is 5.75 Å². The van der Waals surface area contributed by atoms with Crippen LogP contribution in [0, 0.1) is 0 Å². The van der Waals surface area contributed by atoms with Gasteiger partial charge in [-0.05, 0) is 12.0 Å². The van der Waals surface area contributed by atoms with Gasteiger partial charge in [0.05, 0.1) is 5.69 Å². The average molecular weight is 178 g/mol. The van der Waals surface area contributed by atoms with Gasteiger partial charge in [0.1, 0.15) is 12.5 Å². The van der Waals surface area contributed by atoms with Crippen LogP contribution in [0.2, 0.25) is 0 Å². The summed E-state index contributed by atoms with van der Waals surface area (Å²) in [6.07, 6.45) is 1.85. The minimum atomic E-state index is 0.495. The number of hydrogen-bond donors (Lipinski definition) is 1. The van der Waals surface area contributed by atoms with Crippen molar-refractivity contribution in [2.45, 2.75) is 26.3 Å². The molecule has 2 heterocycles. The molecule has 0 atom stereocenters. The SMILES string of the molecule is CC(C)c1ccnc2c1OCNC2. The van der Waals surface area contributed by atoms with Gasteiger partial charge >= 0.3 is 0 Å². The highest BCUT2D eigenvalue weighted by atomic mass is 16.5. The fraction of sp³-hybridized carbons (Fsp3) is 0.500. The van der Waals surface area contributed by atoms with E-state index >= 15 is 0 Å². The fourth-order valence-electron chi connectivity index (χ4n) is 1.55. The lowest BCUT2D eigenvalue weighted by atomic mass is 10.0. The Morgan fingerprint density at radius 1 is 1.54 bits per heavy atom. The molecule has 0 aliphatic carbocycles. The Labute approximate surface area is 78.1 Å². The molecule has 1 aliphatic rings. The summed E-state index contributed by atoms with van der Waals surface area (Å²) in [5.74, 6) is 1.48. The van der Waals surface area contributed by atoms with Gasteiger partial charge in [0, 0.05) is 18.3 Å². The predicted molar refractivity (Wildman–Crippen MR) is 50.7 cm³/mol. The van der Waals surface area contributed by atoms with E-state index in [2.05, 4.69) is 24.1 Å². The summed E-state index contributed by atoms with van der Waals surface area (Å²) in [5, 5.41) is 3.12. The van der Waals surface area contributed by atoms with E-state index in [9.17, 15) is 0 Å². The maximum atomic E-state index is 5.54. The van der Waals surface area contributed by atoms with Gasteiger partial charge in [-0.3, -0.25) is 10.3 Å². The van der Waals surface area contributed by atoms with Gasteiger partial charge in [-0.25, -0.2) is 0 Å². The molecule has 0 unspecified atom stereocenters. The van der Waals surface area contributed by atoms with Gasteiger partial charge in [0.15, 0.2) is 0 Å². The van der Waals surface area contributed by atoms with E-state index in [1.807, 2.05) is 12.3 Å². The fourth-order valence-corrected chi connectivity index (χ4v) is 1.55. The van der Waals surface area contributed by atoms with E-state index in [1.165, 1.54) is 5.56 Å². The third-order valence-corrected chi connectivity index (χ3v) is 2.24. The van der Waals surface area contributed by atoms with Crippen molar-refractivity contribution in [3.05, 3.63) is 23.5 Å². The highest BCUT2D eigenvalue weighted by molar-refractivity contribution is 5.39. The van der Waals surface area contributed by atoms with Gasteiger partial charge in [-0.2, -0.15) is 0 Å². The summed E-state index contributed by atoms with van der Waals surface area (Å²) in [6, 6.07) is 2.04. The van der Waals surface area contributed by atoms with Crippen molar-refractivity contribution in [1.29, 1.82) is 0 Å². The number of hydrogen-bond acceptors (Lipinski definition) is 3. The van der Waals surface area contributed by atoms with E-state index in [0.29, 0.717) is 12.6 Å². The van der Waals surface area contributed by atoms with Gasteiger partial charge in [0.25, 0.3) is 0 Å². The normalized spacial score (nSPS) is 15.3. The molecule has 2 rings (SSSR count). The quantitative estimate of drug-likeness (QED) is 0.710. The van der Waals surface area contributed by atoms with E-state index in [-0.39, 0.29) is 0 Å². The molecule has 0 fully saturated rings. The first kappa shape index (κ1) is 8.51. The second-order valence-corrected chi connectivity index (χ2v) is 3.55. The standard InChI is InChI=1S/C10H14N2O/c1-7(2)8-3-4-12-9-5-11-6-13-10(8)9/h3-4,7,11H,5-6H2,1-2H3. The lowest BCUT2D eigenvalue weighted by Gasteiger charge is -2.21. The Hall–Kier alpha value is -1.09. The lowest BCUT2D eigenvalue weighted by Crippen LogP contribution is -2.27. The molecule has 0 saturated carbocycles. The minimum Gasteiger partial charge on any atom is -0.476 e. The van der Waals surface area contributed by atoms with Crippen molar-refractivity contribution in [2.75, 3.05) is 6.73 Å². The number of ether oxygens (including phenoxy) is 1. The molecule has 0 radical (unpaired) electrons. The Morgan fingerprint density at radius 2 is 2.38 bits per heavy atom. The number of nitrogens with zero attached hydrogens (tertiary/aromatic N) is 1. The van der Waals surface area contributed by atoms with Crippen LogP contribution in [-0.2, 0) is 6.54 Å². The maximum absolute atomic E-state index is 5.54. The molecule has 1 aromatic rings. The number of aromatic nitrogens is 1. The summed E-state index contributed by atoms with van der Waals surface area (Å²) >= 11 is 0. The molecule has 13 heavy (non-hydrogen) atoms. The molecule has 0 saturated heterocycles. The third-order valence-electron chi connectivity index (χ3n) is 2.24. The van der Waals surface area contributed by atoms with E-state index in [1.54, 1.807) is 0 Å². The monoisotopic (exact) mass is 178 g/mol. The molecule has 1 aromatic heterocycles. The van der Waals surface area contributed by atoms with Gasteiger partial charge < -0.3 is 4.74 Å². The van der Waals surface area contributed by atoms with Crippen LogP contribution in [0.3, 0.4) is 0 Å². The Balaban J connectivity index is 2.46. The van der Waals surface area contributed by atoms with Crippen LogP contribution >= 0.6 is 0 Å². The zero-order valence-electron chi connectivity index (χ0n) is 8.00. The lowest BCUT2D eigenvalue weighted by molar-refractivity contribution is 0.250. The molecule has 0 aromatic carbocycles. The third kappa shape index (κ3) is 1.52. The average Bonchev–Trinajstić information content (AvgIpc) is 2.17. The van der Waals surface area contributed by atoms with E-state index in [0.717, 1.165) is 18.0 Å². The van der Waals surface area contributed by atoms with Crippen molar-refractivity contribution >= 4 is 0 Å². The van der Waals surface area contributed by atoms with Crippen LogP contribution in [0.25, 0.3) is 0 Å². The van der Waals surface area contributed by atoms with E-state index in [4.69, 9.17) is 4.74 Å². The molecule has 0 bridgehead atoms. The van der Waals surface area contributed by atoms with Gasteiger partial charge in [0.2, 0.25) is 0 Å². The van der Waals surface area contributed by atoms with Crippen LogP contribution in [0.15, 0.2) is 12.3 Å². The maximum Gasteiger partial charge on any atom is 0.147 e. The van der Waals surface area contributed by atoms with Crippen molar-refractivity contribution in [3.63, 3.8) is 0 Å². The second kappa shape index (κ2) is 3.34. The summed E-state index contributed by atoms with van der Waals surface area (Å²) in [6.45, 7) is 5.75. The van der Waals surface area contributed by atoms with Gasteiger partial charge in [-0.1, -0.05) is 13.8 Å². The number of fused-ring (bicyclic) bond motifs is 1. The smallest absolute Gasteiger partial charge is 0.147 e. The highest BCUT2D eigenvalue weighted by Crippen LogP contribution is 2.29. The van der Waals surface area contributed by atoms with Crippen molar-refractivity contribution < 1.29 is 4.74 Å². The molecule has 70 valence electrons. The van der Waals surface area contributed by atoms with Crippen LogP contribution in [-0.4, -0.2) is 11.7 Å².